The zero-order valence-electron chi connectivity index (χ0n) is 13.9. The van der Waals surface area contributed by atoms with E-state index in [4.69, 9.17) is 23.2 Å². The second kappa shape index (κ2) is 7.02. The number of hydrogen-bond donors (Lipinski definition) is 1. The van der Waals surface area contributed by atoms with Gasteiger partial charge in [-0.05, 0) is 36.2 Å². The Labute approximate surface area is 164 Å². The van der Waals surface area contributed by atoms with Crippen molar-refractivity contribution in [1.29, 1.82) is 0 Å². The first-order chi connectivity index (χ1) is 13.0. The summed E-state index contributed by atoms with van der Waals surface area (Å²) in [4.78, 5) is 21.5. The van der Waals surface area contributed by atoms with Crippen molar-refractivity contribution in [2.75, 3.05) is 16.8 Å². The van der Waals surface area contributed by atoms with Gasteiger partial charge < -0.3 is 10.2 Å². The van der Waals surface area contributed by atoms with E-state index in [1.54, 1.807) is 18.2 Å². The molecule has 0 bridgehead atoms. The van der Waals surface area contributed by atoms with Crippen molar-refractivity contribution in [3.8, 4) is 0 Å². The highest BCUT2D eigenvalue weighted by Gasteiger charge is 2.31. The van der Waals surface area contributed by atoms with Crippen molar-refractivity contribution < 1.29 is 4.92 Å². The number of nitrogens with one attached hydrogen (secondary N) is 1. The van der Waals surface area contributed by atoms with E-state index >= 15 is 0 Å². The van der Waals surface area contributed by atoms with Gasteiger partial charge in [0.2, 0.25) is 11.6 Å². The lowest BCUT2D eigenvalue weighted by atomic mass is 10.2. The number of anilines is 4. The summed E-state index contributed by atoms with van der Waals surface area (Å²) in [5.41, 5.74) is 2.34. The fourth-order valence-electron chi connectivity index (χ4n) is 3.15. The number of fused-ring (bicyclic) bond motifs is 1. The second-order valence-electron chi connectivity index (χ2n) is 5.97. The molecule has 4 rings (SSSR count). The number of para-hydroxylation sites is 1. The molecule has 0 atom stereocenters. The Kier molecular flexibility index (Phi) is 4.55. The highest BCUT2D eigenvalue weighted by Crippen LogP contribution is 2.41. The van der Waals surface area contributed by atoms with Gasteiger partial charge in [-0.2, -0.15) is 0 Å². The zero-order chi connectivity index (χ0) is 19.0. The van der Waals surface area contributed by atoms with Crippen LogP contribution in [0.3, 0.4) is 0 Å². The van der Waals surface area contributed by atoms with Crippen molar-refractivity contribution in [2.24, 2.45) is 0 Å². The molecule has 0 saturated heterocycles. The van der Waals surface area contributed by atoms with Crippen molar-refractivity contribution >= 4 is 51.9 Å². The molecule has 2 heterocycles. The molecular weight excluding hydrogens is 389 g/mol. The minimum absolute atomic E-state index is 0.0766. The molecule has 7 nitrogen and oxygen atoms in total. The van der Waals surface area contributed by atoms with Gasteiger partial charge in [0.1, 0.15) is 6.33 Å². The van der Waals surface area contributed by atoms with Crippen LogP contribution in [0.25, 0.3) is 0 Å². The summed E-state index contributed by atoms with van der Waals surface area (Å²) in [6, 6.07) is 12.6. The van der Waals surface area contributed by atoms with Gasteiger partial charge in [0.25, 0.3) is 0 Å². The van der Waals surface area contributed by atoms with Gasteiger partial charge in [-0.3, -0.25) is 10.1 Å². The summed E-state index contributed by atoms with van der Waals surface area (Å²) in [5.74, 6) is 0.322. The van der Waals surface area contributed by atoms with Crippen LogP contribution in [0.2, 0.25) is 10.0 Å². The van der Waals surface area contributed by atoms with Gasteiger partial charge in [-0.15, -0.1) is 0 Å². The quantitative estimate of drug-likeness (QED) is 0.481. The molecule has 0 aliphatic carbocycles. The number of nitrogens with zero attached hydrogens (tertiary/aromatic N) is 4. The second-order valence-corrected chi connectivity index (χ2v) is 6.84. The van der Waals surface area contributed by atoms with Crippen LogP contribution in [0, 0.1) is 10.1 Å². The van der Waals surface area contributed by atoms with Gasteiger partial charge in [0, 0.05) is 28.0 Å². The molecular formula is C18H13Cl2N5O2. The summed E-state index contributed by atoms with van der Waals surface area (Å²) < 4.78 is 0. The average Bonchev–Trinajstić information content (AvgIpc) is 3.04. The molecule has 2 aromatic carbocycles. The Bertz CT molecular complexity index is 1020. The van der Waals surface area contributed by atoms with Gasteiger partial charge in [0.15, 0.2) is 0 Å². The molecule has 1 aliphatic rings. The maximum atomic E-state index is 11.8. The summed E-state index contributed by atoms with van der Waals surface area (Å²) in [6.45, 7) is 0.611. The number of benzene rings is 2. The smallest absolute Gasteiger partial charge is 0.334 e. The van der Waals surface area contributed by atoms with Crippen LogP contribution in [-0.2, 0) is 6.42 Å². The molecule has 136 valence electrons. The fraction of sp³-hybridized carbons (Fsp3) is 0.111. The van der Waals surface area contributed by atoms with E-state index < -0.39 is 4.92 Å². The predicted molar refractivity (Wildman–Crippen MR) is 106 cm³/mol. The summed E-state index contributed by atoms with van der Waals surface area (Å²) in [6.07, 6.45) is 2.10. The van der Waals surface area contributed by atoms with E-state index in [0.29, 0.717) is 22.3 Å². The Morgan fingerprint density at radius 2 is 1.85 bits per heavy atom. The van der Waals surface area contributed by atoms with E-state index in [-0.39, 0.29) is 17.3 Å². The molecule has 1 aliphatic heterocycles. The van der Waals surface area contributed by atoms with E-state index in [1.807, 2.05) is 29.2 Å². The molecule has 1 aromatic heterocycles. The maximum Gasteiger partial charge on any atom is 0.354 e. The Hall–Kier alpha value is -2.90. The summed E-state index contributed by atoms with van der Waals surface area (Å²) in [5, 5.41) is 15.6. The SMILES string of the molecule is O=[N+]([O-])c1c(Nc2cc(Cl)cc(Cl)c2)ncnc1N1CCc2ccccc21. The lowest BCUT2D eigenvalue weighted by Gasteiger charge is -2.19. The first-order valence-corrected chi connectivity index (χ1v) is 8.86. The molecule has 0 spiro atoms. The minimum atomic E-state index is -0.481. The van der Waals surface area contributed by atoms with Crippen LogP contribution in [0.4, 0.5) is 28.7 Å². The summed E-state index contributed by atoms with van der Waals surface area (Å²) in [7, 11) is 0. The van der Waals surface area contributed by atoms with Gasteiger partial charge in [0.05, 0.1) is 4.92 Å². The number of nitro groups is 1. The maximum absolute atomic E-state index is 11.8. The molecule has 0 radical (unpaired) electrons. The third-order valence-corrected chi connectivity index (χ3v) is 4.69. The highest BCUT2D eigenvalue weighted by atomic mass is 35.5. The third kappa shape index (κ3) is 3.39. The largest absolute Gasteiger partial charge is 0.354 e. The molecule has 0 unspecified atom stereocenters. The monoisotopic (exact) mass is 401 g/mol. The topological polar surface area (TPSA) is 84.2 Å². The highest BCUT2D eigenvalue weighted by molar-refractivity contribution is 6.35. The zero-order valence-corrected chi connectivity index (χ0v) is 15.4. The number of rotatable bonds is 4. The van der Waals surface area contributed by atoms with Gasteiger partial charge >= 0.3 is 5.69 Å². The molecule has 0 fully saturated rings. The van der Waals surface area contributed by atoms with Crippen molar-refractivity contribution in [2.45, 2.75) is 6.42 Å². The van der Waals surface area contributed by atoms with Gasteiger partial charge in [-0.1, -0.05) is 41.4 Å². The summed E-state index contributed by atoms with van der Waals surface area (Å²) >= 11 is 12.0. The predicted octanol–water partition coefficient (Wildman–Crippen LogP) is 5.13. The van der Waals surface area contributed by atoms with Crippen LogP contribution in [0.5, 0.6) is 0 Å². The molecule has 27 heavy (non-hydrogen) atoms. The molecule has 9 heteroatoms. The first kappa shape index (κ1) is 17.5. The first-order valence-electron chi connectivity index (χ1n) is 8.11. The molecule has 0 saturated carbocycles. The van der Waals surface area contributed by atoms with Crippen LogP contribution < -0.4 is 10.2 Å². The minimum Gasteiger partial charge on any atom is -0.334 e. The van der Waals surface area contributed by atoms with E-state index in [2.05, 4.69) is 15.3 Å². The molecule has 0 amide bonds. The number of hydrogen-bond acceptors (Lipinski definition) is 6. The van der Waals surface area contributed by atoms with Gasteiger partial charge in [-0.25, -0.2) is 9.97 Å². The Morgan fingerprint density at radius 1 is 1.11 bits per heavy atom. The Balaban J connectivity index is 1.79. The van der Waals surface area contributed by atoms with Crippen molar-refractivity contribution in [1.82, 2.24) is 9.97 Å². The van der Waals surface area contributed by atoms with E-state index in [0.717, 1.165) is 17.7 Å². The average molecular weight is 402 g/mol. The fourth-order valence-corrected chi connectivity index (χ4v) is 3.67. The van der Waals surface area contributed by atoms with E-state index in [9.17, 15) is 10.1 Å². The lowest BCUT2D eigenvalue weighted by molar-refractivity contribution is -0.383. The van der Waals surface area contributed by atoms with Crippen molar-refractivity contribution in [3.05, 3.63) is 74.5 Å². The van der Waals surface area contributed by atoms with Crippen LogP contribution in [0.1, 0.15) is 5.56 Å². The molecule has 3 aromatic rings. The Morgan fingerprint density at radius 3 is 2.59 bits per heavy atom. The van der Waals surface area contributed by atoms with Crippen LogP contribution >= 0.6 is 23.2 Å². The van der Waals surface area contributed by atoms with Crippen LogP contribution in [0.15, 0.2) is 48.8 Å². The standard InChI is InChI=1S/C18H13Cl2N5O2/c19-12-7-13(20)9-14(8-12)23-17-16(25(26)27)18(22-10-21-17)24-6-5-11-3-1-2-4-15(11)24/h1-4,7-10H,5-6H2,(H,21,22,23). The van der Waals surface area contributed by atoms with Crippen LogP contribution in [-0.4, -0.2) is 21.4 Å². The normalized spacial score (nSPS) is 12.7. The lowest BCUT2D eigenvalue weighted by Crippen LogP contribution is -2.17. The third-order valence-electron chi connectivity index (χ3n) is 4.25. The number of halogens is 2. The van der Waals surface area contributed by atoms with Crippen molar-refractivity contribution in [3.63, 3.8) is 0 Å². The van der Waals surface area contributed by atoms with E-state index in [1.165, 1.54) is 6.33 Å². The molecule has 1 N–H and O–H groups in total. The number of aromatic nitrogens is 2.